The summed E-state index contributed by atoms with van der Waals surface area (Å²) in [6.07, 6.45) is 0. The number of carbonyl (C=O) groups is 1. The highest BCUT2D eigenvalue weighted by atomic mass is 35.5. The van der Waals surface area contributed by atoms with E-state index in [1.165, 1.54) is 11.4 Å². The molecule has 0 saturated heterocycles. The summed E-state index contributed by atoms with van der Waals surface area (Å²) in [4.78, 5) is 12.0. The van der Waals surface area contributed by atoms with Crippen molar-refractivity contribution in [2.45, 2.75) is 4.21 Å². The van der Waals surface area contributed by atoms with Gasteiger partial charge in [0.25, 0.3) is 15.9 Å². The molecule has 29 heavy (non-hydrogen) atoms. The van der Waals surface area contributed by atoms with E-state index in [0.717, 1.165) is 11.3 Å². The average molecular weight is 471 g/mol. The van der Waals surface area contributed by atoms with Crippen molar-refractivity contribution < 1.29 is 17.9 Å². The highest BCUT2D eigenvalue weighted by Gasteiger charge is 2.22. The Balaban J connectivity index is 1.60. The van der Waals surface area contributed by atoms with Crippen molar-refractivity contribution >= 4 is 61.8 Å². The smallest absolute Gasteiger partial charge is 0.273 e. The number of ether oxygens (including phenoxy) is 1. The van der Waals surface area contributed by atoms with Crippen molar-refractivity contribution in [2.75, 3.05) is 23.3 Å². The average Bonchev–Trinajstić information content (AvgIpc) is 3.21. The van der Waals surface area contributed by atoms with Crippen LogP contribution >= 0.6 is 34.5 Å². The van der Waals surface area contributed by atoms with E-state index in [2.05, 4.69) is 5.32 Å². The zero-order valence-electron chi connectivity index (χ0n) is 15.1. The first kappa shape index (κ1) is 21.4. The number of sulfonamides is 1. The largest absolute Gasteiger partial charge is 0.484 e. The summed E-state index contributed by atoms with van der Waals surface area (Å²) in [5.41, 5.74) is 0.940. The van der Waals surface area contributed by atoms with Crippen LogP contribution in [0, 0.1) is 0 Å². The molecule has 1 amide bonds. The maximum absolute atomic E-state index is 12.5. The number of amides is 1. The number of nitrogens with zero attached hydrogens (tertiary/aromatic N) is 1. The second-order valence-corrected chi connectivity index (χ2v) is 9.91. The van der Waals surface area contributed by atoms with E-state index >= 15 is 0 Å². The van der Waals surface area contributed by atoms with Gasteiger partial charge in [-0.1, -0.05) is 29.3 Å². The zero-order valence-corrected chi connectivity index (χ0v) is 18.3. The fourth-order valence-electron chi connectivity index (χ4n) is 2.41. The number of benzene rings is 2. The highest BCUT2D eigenvalue weighted by Crippen LogP contribution is 2.27. The van der Waals surface area contributed by atoms with E-state index in [9.17, 15) is 13.2 Å². The van der Waals surface area contributed by atoms with Crippen LogP contribution in [0.1, 0.15) is 0 Å². The minimum absolute atomic E-state index is 0.229. The number of hydrogen-bond donors (Lipinski definition) is 1. The van der Waals surface area contributed by atoms with Gasteiger partial charge in [-0.15, -0.1) is 11.3 Å². The lowest BCUT2D eigenvalue weighted by molar-refractivity contribution is -0.118. The molecule has 0 radical (unpaired) electrons. The molecular weight excluding hydrogens is 455 g/mol. The summed E-state index contributed by atoms with van der Waals surface area (Å²) >= 11 is 13.0. The third-order valence-corrected chi connectivity index (χ3v) is 7.42. The summed E-state index contributed by atoms with van der Waals surface area (Å²) in [6.45, 7) is -0.229. The predicted molar refractivity (Wildman–Crippen MR) is 117 cm³/mol. The first-order valence-electron chi connectivity index (χ1n) is 8.27. The van der Waals surface area contributed by atoms with Crippen LogP contribution in [0.15, 0.2) is 64.2 Å². The summed E-state index contributed by atoms with van der Waals surface area (Å²) in [6, 6.07) is 14.4. The van der Waals surface area contributed by atoms with E-state index < -0.39 is 10.0 Å². The van der Waals surface area contributed by atoms with Crippen LogP contribution in [0.4, 0.5) is 11.4 Å². The molecule has 152 valence electrons. The molecule has 0 fully saturated rings. The molecule has 0 aliphatic heterocycles. The Kier molecular flexibility index (Phi) is 6.69. The number of anilines is 2. The minimum atomic E-state index is -3.60. The first-order valence-corrected chi connectivity index (χ1v) is 11.3. The van der Waals surface area contributed by atoms with Gasteiger partial charge < -0.3 is 10.1 Å². The molecule has 1 heterocycles. The highest BCUT2D eigenvalue weighted by molar-refractivity contribution is 7.94. The lowest BCUT2D eigenvalue weighted by atomic mass is 10.3. The molecule has 3 rings (SSSR count). The minimum Gasteiger partial charge on any atom is -0.484 e. The molecule has 0 unspecified atom stereocenters. The van der Waals surface area contributed by atoms with E-state index in [1.54, 1.807) is 60.0 Å². The monoisotopic (exact) mass is 470 g/mol. The van der Waals surface area contributed by atoms with Crippen molar-refractivity contribution in [1.29, 1.82) is 0 Å². The van der Waals surface area contributed by atoms with Crippen molar-refractivity contribution in [3.05, 3.63) is 70.0 Å². The van der Waals surface area contributed by atoms with Gasteiger partial charge in [-0.25, -0.2) is 8.42 Å². The van der Waals surface area contributed by atoms with Gasteiger partial charge in [0.2, 0.25) is 0 Å². The van der Waals surface area contributed by atoms with Crippen LogP contribution in [-0.4, -0.2) is 28.0 Å². The molecule has 10 heteroatoms. The van der Waals surface area contributed by atoms with Crippen LogP contribution in [-0.2, 0) is 14.8 Å². The standard InChI is InChI=1S/C19H16Cl2N2O4S2/c1-23(29(25,26)19-3-2-8-28-19)16-4-6-17(7-5-16)27-12-18(24)22-15-10-13(20)9-14(21)11-15/h2-11H,12H2,1H3,(H,22,24). The Morgan fingerprint density at radius 2 is 1.76 bits per heavy atom. The molecule has 3 aromatic rings. The molecule has 1 aromatic heterocycles. The maximum Gasteiger partial charge on any atom is 0.273 e. The molecule has 0 aliphatic carbocycles. The van der Waals surface area contributed by atoms with E-state index in [4.69, 9.17) is 27.9 Å². The van der Waals surface area contributed by atoms with E-state index in [-0.39, 0.29) is 16.7 Å². The van der Waals surface area contributed by atoms with Crippen LogP contribution in [0.2, 0.25) is 10.0 Å². The summed E-state index contributed by atoms with van der Waals surface area (Å²) in [5.74, 6) is 0.0414. The van der Waals surface area contributed by atoms with Gasteiger partial charge in [-0.05, 0) is 53.9 Å². The van der Waals surface area contributed by atoms with Crippen molar-refractivity contribution in [3.8, 4) is 5.75 Å². The van der Waals surface area contributed by atoms with Gasteiger partial charge in [-0.2, -0.15) is 0 Å². The number of hydrogen-bond acceptors (Lipinski definition) is 5. The van der Waals surface area contributed by atoms with Gasteiger partial charge in [0, 0.05) is 22.8 Å². The molecule has 2 aromatic carbocycles. The maximum atomic E-state index is 12.5. The third kappa shape index (κ3) is 5.42. The van der Waals surface area contributed by atoms with E-state index in [0.29, 0.717) is 27.2 Å². The van der Waals surface area contributed by atoms with E-state index in [1.807, 2.05) is 0 Å². The fourth-order valence-corrected chi connectivity index (χ4v) is 5.29. The molecule has 0 aliphatic rings. The molecule has 0 atom stereocenters. The number of nitrogens with one attached hydrogen (secondary N) is 1. The zero-order chi connectivity index (χ0) is 21.0. The lowest BCUT2D eigenvalue weighted by Crippen LogP contribution is -2.25. The Hall–Kier alpha value is -2.26. The quantitative estimate of drug-likeness (QED) is 0.532. The van der Waals surface area contributed by atoms with Gasteiger partial charge in [0.15, 0.2) is 6.61 Å². The fraction of sp³-hybridized carbons (Fsp3) is 0.105. The lowest BCUT2D eigenvalue weighted by Gasteiger charge is -2.18. The summed E-state index contributed by atoms with van der Waals surface area (Å²) < 4.78 is 32.0. The second-order valence-electron chi connectivity index (χ2n) is 5.89. The molecule has 0 bridgehead atoms. The number of thiophene rings is 1. The number of carbonyl (C=O) groups excluding carboxylic acids is 1. The molecule has 1 N–H and O–H groups in total. The third-order valence-electron chi connectivity index (χ3n) is 3.83. The number of halogens is 2. The van der Waals surface area contributed by atoms with Crippen LogP contribution in [0.5, 0.6) is 5.75 Å². The van der Waals surface area contributed by atoms with Crippen molar-refractivity contribution in [2.24, 2.45) is 0 Å². The predicted octanol–water partition coefficient (Wildman–Crippen LogP) is 4.90. The van der Waals surface area contributed by atoms with Gasteiger partial charge in [-0.3, -0.25) is 9.10 Å². The van der Waals surface area contributed by atoms with Crippen LogP contribution < -0.4 is 14.4 Å². The van der Waals surface area contributed by atoms with Crippen LogP contribution in [0.25, 0.3) is 0 Å². The Morgan fingerprint density at radius 3 is 2.34 bits per heavy atom. The van der Waals surface area contributed by atoms with Crippen molar-refractivity contribution in [3.63, 3.8) is 0 Å². The molecular formula is C19H16Cl2N2O4S2. The normalized spacial score (nSPS) is 11.1. The second kappa shape index (κ2) is 9.04. The first-order chi connectivity index (χ1) is 13.8. The van der Waals surface area contributed by atoms with Crippen molar-refractivity contribution in [1.82, 2.24) is 0 Å². The van der Waals surface area contributed by atoms with Gasteiger partial charge in [0.1, 0.15) is 9.96 Å². The SMILES string of the molecule is CN(c1ccc(OCC(=O)Nc2cc(Cl)cc(Cl)c2)cc1)S(=O)(=O)c1cccs1. The number of rotatable bonds is 7. The van der Waals surface area contributed by atoms with Gasteiger partial charge in [0.05, 0.1) is 5.69 Å². The summed E-state index contributed by atoms with van der Waals surface area (Å²) in [7, 11) is -2.12. The molecule has 0 spiro atoms. The van der Waals surface area contributed by atoms with Gasteiger partial charge >= 0.3 is 0 Å². The van der Waals surface area contributed by atoms with Crippen LogP contribution in [0.3, 0.4) is 0 Å². The topological polar surface area (TPSA) is 75.7 Å². The summed E-state index contributed by atoms with van der Waals surface area (Å²) in [5, 5.41) is 5.16. The molecule has 6 nitrogen and oxygen atoms in total. The Morgan fingerprint density at radius 1 is 1.10 bits per heavy atom. The Labute approximate surface area is 182 Å². The molecule has 0 saturated carbocycles. The Bertz CT molecular complexity index is 1080.